The zero-order valence-corrected chi connectivity index (χ0v) is 20.6. The summed E-state index contributed by atoms with van der Waals surface area (Å²) in [6.45, 7) is 10.2. The van der Waals surface area contributed by atoms with Crippen LogP contribution in [0.15, 0.2) is 48.5 Å². The van der Waals surface area contributed by atoms with E-state index >= 15 is 0 Å². The maximum atomic E-state index is 13.9. The summed E-state index contributed by atoms with van der Waals surface area (Å²) in [6.07, 6.45) is 1.77. The van der Waals surface area contributed by atoms with Crippen LogP contribution in [0.4, 0.5) is 8.78 Å². The summed E-state index contributed by atoms with van der Waals surface area (Å²) in [7, 11) is 0. The molecule has 1 aliphatic heterocycles. The number of benzene rings is 2. The van der Waals surface area contributed by atoms with E-state index in [9.17, 15) is 18.4 Å². The minimum absolute atomic E-state index is 0.235. The highest BCUT2D eigenvalue weighted by molar-refractivity contribution is 5.98. The zero-order valence-electron chi connectivity index (χ0n) is 20.6. The van der Waals surface area contributed by atoms with Gasteiger partial charge in [0.15, 0.2) is 0 Å². The summed E-state index contributed by atoms with van der Waals surface area (Å²) in [6, 6.07) is 12.9. The third kappa shape index (κ3) is 8.11. The number of unbranched alkanes of at least 4 members (excludes halogenated alkanes) is 1. The second-order valence-corrected chi connectivity index (χ2v) is 9.39. The molecule has 0 aliphatic carbocycles. The maximum absolute atomic E-state index is 13.9. The van der Waals surface area contributed by atoms with Gasteiger partial charge in [-0.05, 0) is 43.0 Å². The lowest BCUT2D eigenvalue weighted by Gasteiger charge is -2.34. The van der Waals surface area contributed by atoms with E-state index in [-0.39, 0.29) is 11.8 Å². The van der Waals surface area contributed by atoms with Crippen molar-refractivity contribution in [3.8, 4) is 0 Å². The van der Waals surface area contributed by atoms with E-state index in [2.05, 4.69) is 44.7 Å². The molecular weight excluding hydrogens is 450 g/mol. The molecule has 2 aromatic rings. The third-order valence-electron chi connectivity index (χ3n) is 6.34. The molecule has 2 N–H and O–H groups in total. The number of carbonyl (C=O) groups excluding carboxylic acids is 2. The molecule has 1 atom stereocenters. The number of amides is 2. The summed E-state index contributed by atoms with van der Waals surface area (Å²) in [5.41, 5.74) is 0.668. The monoisotopic (exact) mass is 486 g/mol. The predicted octanol–water partition coefficient (Wildman–Crippen LogP) is 3.43. The van der Waals surface area contributed by atoms with Crippen LogP contribution in [-0.2, 0) is 11.3 Å². The van der Waals surface area contributed by atoms with Crippen molar-refractivity contribution in [1.29, 1.82) is 0 Å². The molecule has 8 heteroatoms. The molecule has 2 amide bonds. The first-order chi connectivity index (χ1) is 16.8. The summed E-state index contributed by atoms with van der Waals surface area (Å²) in [5.74, 6) is -3.42. The van der Waals surface area contributed by atoms with Crippen LogP contribution in [0.3, 0.4) is 0 Å². The molecule has 1 unspecified atom stereocenters. The summed E-state index contributed by atoms with van der Waals surface area (Å²) < 4.78 is 27.8. The average molecular weight is 487 g/mol. The number of nitrogens with one attached hydrogen (secondary N) is 2. The van der Waals surface area contributed by atoms with Crippen molar-refractivity contribution in [3.05, 3.63) is 71.3 Å². The Kier molecular flexibility index (Phi) is 10.2. The lowest BCUT2D eigenvalue weighted by Crippen LogP contribution is -2.50. The number of hydrogen-bond donors (Lipinski definition) is 2. The molecule has 0 radical (unpaired) electrons. The van der Waals surface area contributed by atoms with Gasteiger partial charge in [-0.25, -0.2) is 8.78 Å². The maximum Gasteiger partial charge on any atom is 0.257 e. The SMILES string of the molecule is CC(C)C(NC(=O)c1c(F)cccc1F)C(=O)NCCCCN1CCN(Cc2ccccc2)CC1. The number of hydrogen-bond acceptors (Lipinski definition) is 4. The molecule has 190 valence electrons. The quantitative estimate of drug-likeness (QED) is 0.478. The molecule has 0 aromatic heterocycles. The minimum Gasteiger partial charge on any atom is -0.354 e. The Morgan fingerprint density at radius 3 is 2.14 bits per heavy atom. The second kappa shape index (κ2) is 13.3. The Labute approximate surface area is 206 Å². The molecule has 3 rings (SSSR count). The van der Waals surface area contributed by atoms with E-state index in [0.29, 0.717) is 6.54 Å². The summed E-state index contributed by atoms with van der Waals surface area (Å²) >= 11 is 0. The Bertz CT molecular complexity index is 943. The Hall–Kier alpha value is -2.84. The Morgan fingerprint density at radius 1 is 0.886 bits per heavy atom. The highest BCUT2D eigenvalue weighted by atomic mass is 19.1. The van der Waals surface area contributed by atoms with Crippen LogP contribution in [0.5, 0.6) is 0 Å². The van der Waals surface area contributed by atoms with Gasteiger partial charge < -0.3 is 15.5 Å². The van der Waals surface area contributed by atoms with Crippen molar-refractivity contribution in [1.82, 2.24) is 20.4 Å². The van der Waals surface area contributed by atoms with Crippen molar-refractivity contribution < 1.29 is 18.4 Å². The minimum atomic E-state index is -0.952. The number of carbonyl (C=O) groups is 2. The lowest BCUT2D eigenvalue weighted by atomic mass is 10.0. The van der Waals surface area contributed by atoms with Crippen molar-refractivity contribution in [2.24, 2.45) is 5.92 Å². The van der Waals surface area contributed by atoms with Crippen LogP contribution in [-0.4, -0.2) is 66.9 Å². The Morgan fingerprint density at radius 2 is 1.51 bits per heavy atom. The van der Waals surface area contributed by atoms with Crippen LogP contribution in [0.25, 0.3) is 0 Å². The zero-order chi connectivity index (χ0) is 25.2. The van der Waals surface area contributed by atoms with Crippen LogP contribution in [0.1, 0.15) is 42.6 Å². The first-order valence-electron chi connectivity index (χ1n) is 12.4. The van der Waals surface area contributed by atoms with Gasteiger partial charge in [0.05, 0.1) is 0 Å². The molecule has 35 heavy (non-hydrogen) atoms. The first-order valence-corrected chi connectivity index (χ1v) is 12.4. The summed E-state index contributed by atoms with van der Waals surface area (Å²) in [5, 5.41) is 5.34. The van der Waals surface area contributed by atoms with Gasteiger partial charge in [-0.2, -0.15) is 0 Å². The fraction of sp³-hybridized carbons (Fsp3) is 0.481. The lowest BCUT2D eigenvalue weighted by molar-refractivity contribution is -0.123. The molecule has 0 saturated carbocycles. The van der Waals surface area contributed by atoms with Gasteiger partial charge in [-0.15, -0.1) is 0 Å². The Balaban J connectivity index is 1.35. The number of piperazine rings is 1. The molecule has 1 fully saturated rings. The summed E-state index contributed by atoms with van der Waals surface area (Å²) in [4.78, 5) is 30.0. The molecule has 0 spiro atoms. The van der Waals surface area contributed by atoms with E-state index < -0.39 is 29.1 Å². The van der Waals surface area contributed by atoms with Gasteiger partial charge >= 0.3 is 0 Å². The molecule has 1 saturated heterocycles. The molecule has 1 heterocycles. The molecule has 1 aliphatic rings. The fourth-order valence-corrected chi connectivity index (χ4v) is 4.26. The number of halogens is 2. The topological polar surface area (TPSA) is 64.7 Å². The van der Waals surface area contributed by atoms with Crippen molar-refractivity contribution in [2.45, 2.75) is 39.3 Å². The van der Waals surface area contributed by atoms with Gasteiger partial charge in [-0.1, -0.05) is 50.2 Å². The standard InChI is InChI=1S/C27H36F2N4O2/c1-20(2)25(31-26(34)24-22(28)11-8-12-23(24)29)27(35)30-13-6-7-14-32-15-17-33(18-16-32)19-21-9-4-3-5-10-21/h3-5,8-12,20,25H,6-7,13-19H2,1-2H3,(H,30,35)(H,31,34). The molecular formula is C27H36F2N4O2. The van der Waals surface area contributed by atoms with E-state index in [1.807, 2.05) is 6.07 Å². The van der Waals surface area contributed by atoms with Gasteiger partial charge in [0, 0.05) is 39.3 Å². The molecule has 6 nitrogen and oxygen atoms in total. The smallest absolute Gasteiger partial charge is 0.257 e. The fourth-order valence-electron chi connectivity index (χ4n) is 4.26. The van der Waals surface area contributed by atoms with Crippen LogP contribution < -0.4 is 10.6 Å². The average Bonchev–Trinajstić information content (AvgIpc) is 2.83. The third-order valence-corrected chi connectivity index (χ3v) is 6.34. The van der Waals surface area contributed by atoms with E-state index in [1.165, 1.54) is 11.6 Å². The van der Waals surface area contributed by atoms with Crippen LogP contribution in [0, 0.1) is 17.6 Å². The second-order valence-electron chi connectivity index (χ2n) is 9.39. The highest BCUT2D eigenvalue weighted by Crippen LogP contribution is 2.13. The van der Waals surface area contributed by atoms with Crippen molar-refractivity contribution in [2.75, 3.05) is 39.3 Å². The highest BCUT2D eigenvalue weighted by Gasteiger charge is 2.27. The predicted molar refractivity (Wildman–Crippen MR) is 133 cm³/mol. The van der Waals surface area contributed by atoms with Crippen molar-refractivity contribution in [3.63, 3.8) is 0 Å². The van der Waals surface area contributed by atoms with E-state index in [4.69, 9.17) is 0 Å². The largest absolute Gasteiger partial charge is 0.354 e. The van der Waals surface area contributed by atoms with E-state index in [1.54, 1.807) is 13.8 Å². The normalized spacial score (nSPS) is 15.7. The van der Waals surface area contributed by atoms with Crippen molar-refractivity contribution >= 4 is 11.8 Å². The van der Waals surface area contributed by atoms with Gasteiger partial charge in [0.1, 0.15) is 23.2 Å². The van der Waals surface area contributed by atoms with Gasteiger partial charge in [0.2, 0.25) is 5.91 Å². The van der Waals surface area contributed by atoms with Gasteiger partial charge in [-0.3, -0.25) is 14.5 Å². The van der Waals surface area contributed by atoms with Crippen LogP contribution in [0.2, 0.25) is 0 Å². The number of rotatable bonds is 11. The van der Waals surface area contributed by atoms with Crippen LogP contribution >= 0.6 is 0 Å². The molecule has 2 aromatic carbocycles. The first kappa shape index (κ1) is 26.8. The van der Waals surface area contributed by atoms with E-state index in [0.717, 1.165) is 64.2 Å². The molecule has 0 bridgehead atoms. The number of nitrogens with zero attached hydrogens (tertiary/aromatic N) is 2. The van der Waals surface area contributed by atoms with Gasteiger partial charge in [0.25, 0.3) is 5.91 Å².